The predicted octanol–water partition coefficient (Wildman–Crippen LogP) is 6.35. The van der Waals surface area contributed by atoms with Crippen LogP contribution in [0.4, 0.5) is 0 Å². The third-order valence-electron chi connectivity index (χ3n) is 5.21. The van der Waals surface area contributed by atoms with Crippen molar-refractivity contribution < 1.29 is 19.0 Å². The van der Waals surface area contributed by atoms with E-state index in [2.05, 4.69) is 0 Å². The first-order valence-corrected chi connectivity index (χ1v) is 12.6. The summed E-state index contributed by atoms with van der Waals surface area (Å²) >= 11 is 19.2. The summed E-state index contributed by atoms with van der Waals surface area (Å²) in [5.74, 6) is 0.856. The van der Waals surface area contributed by atoms with Gasteiger partial charge < -0.3 is 14.2 Å². The van der Waals surface area contributed by atoms with Gasteiger partial charge in [0.15, 0.2) is 11.5 Å². The summed E-state index contributed by atoms with van der Waals surface area (Å²) in [6, 6.07) is 11.0. The third kappa shape index (κ3) is 6.03. The predicted molar refractivity (Wildman–Crippen MR) is 137 cm³/mol. The second kappa shape index (κ2) is 11.1. The van der Waals surface area contributed by atoms with Gasteiger partial charge in [0, 0.05) is 11.6 Å². The largest absolute Gasteiger partial charge is 0.490 e. The number of rotatable bonds is 8. The molecule has 1 atom stereocenters. The van der Waals surface area contributed by atoms with Crippen LogP contribution < -0.4 is 9.47 Å². The van der Waals surface area contributed by atoms with Crippen molar-refractivity contribution in [2.45, 2.75) is 32.5 Å². The highest BCUT2D eigenvalue weighted by molar-refractivity contribution is 8.26. The van der Waals surface area contributed by atoms with Crippen molar-refractivity contribution in [3.05, 3.63) is 62.5 Å². The zero-order valence-corrected chi connectivity index (χ0v) is 21.2. The molecule has 2 aliphatic rings. The molecular formula is C24H23Cl2NO4S2. The highest BCUT2D eigenvalue weighted by Crippen LogP contribution is 2.40. The van der Waals surface area contributed by atoms with Crippen LogP contribution >= 0.6 is 47.2 Å². The van der Waals surface area contributed by atoms with Crippen LogP contribution in [-0.4, -0.2) is 41.0 Å². The molecule has 2 aromatic carbocycles. The lowest BCUT2D eigenvalue weighted by atomic mass is 10.1. The molecule has 9 heteroatoms. The smallest absolute Gasteiger partial charge is 0.266 e. The lowest BCUT2D eigenvalue weighted by Crippen LogP contribution is -2.35. The molecule has 5 nitrogen and oxygen atoms in total. The maximum Gasteiger partial charge on any atom is 0.266 e. The van der Waals surface area contributed by atoms with E-state index in [0.29, 0.717) is 50.5 Å². The van der Waals surface area contributed by atoms with E-state index in [4.69, 9.17) is 49.6 Å². The molecule has 1 amide bonds. The van der Waals surface area contributed by atoms with Crippen molar-refractivity contribution in [2.75, 3.05) is 19.8 Å². The van der Waals surface area contributed by atoms with Crippen LogP contribution in [0, 0.1) is 0 Å². The Balaban J connectivity index is 1.52. The number of hydrogen-bond acceptors (Lipinski definition) is 6. The van der Waals surface area contributed by atoms with Crippen LogP contribution in [-0.2, 0) is 16.1 Å². The highest BCUT2D eigenvalue weighted by Gasteiger charge is 2.34. The second-order valence-electron chi connectivity index (χ2n) is 7.61. The van der Waals surface area contributed by atoms with Crippen LogP contribution in [0.5, 0.6) is 11.5 Å². The van der Waals surface area contributed by atoms with Gasteiger partial charge in [-0.2, -0.15) is 0 Å². The fourth-order valence-electron chi connectivity index (χ4n) is 3.61. The quantitative estimate of drug-likeness (QED) is 0.296. The molecular weight excluding hydrogens is 501 g/mol. The van der Waals surface area contributed by atoms with Gasteiger partial charge in [-0.05, 0) is 61.2 Å². The molecule has 0 saturated carbocycles. The van der Waals surface area contributed by atoms with Crippen LogP contribution in [0.1, 0.15) is 30.9 Å². The first-order valence-electron chi connectivity index (χ1n) is 10.6. The van der Waals surface area contributed by atoms with E-state index < -0.39 is 0 Å². The standard InChI is InChI=1S/C24H23Cl2NO4S2/c1-2-29-20-11-16(10-19(26)22(20)31-14-15-5-7-17(25)8-6-15)12-21-23(28)27(24(32)33-21)13-18-4-3-9-30-18/h5-8,10-12,18H,2-4,9,13-14H2,1H3/b21-12-/t18-/m1/s1. The summed E-state index contributed by atoms with van der Waals surface area (Å²) < 4.78 is 18.0. The number of carbonyl (C=O) groups excluding carboxylic acids is 1. The Kier molecular flexibility index (Phi) is 8.20. The van der Waals surface area contributed by atoms with Crippen molar-refractivity contribution in [3.63, 3.8) is 0 Å². The van der Waals surface area contributed by atoms with Gasteiger partial charge in [0.2, 0.25) is 0 Å². The summed E-state index contributed by atoms with van der Waals surface area (Å²) in [6.07, 6.45) is 3.79. The molecule has 33 heavy (non-hydrogen) atoms. The van der Waals surface area contributed by atoms with E-state index in [0.717, 1.165) is 30.6 Å². The van der Waals surface area contributed by atoms with Gasteiger partial charge in [0.05, 0.1) is 29.2 Å². The molecule has 2 aromatic rings. The van der Waals surface area contributed by atoms with Crippen LogP contribution in [0.2, 0.25) is 10.0 Å². The molecule has 0 aromatic heterocycles. The van der Waals surface area contributed by atoms with Gasteiger partial charge in [-0.3, -0.25) is 9.69 Å². The number of thiocarbonyl (C=S) groups is 1. The number of benzene rings is 2. The Labute approximate surface area is 213 Å². The first-order chi connectivity index (χ1) is 15.9. The van der Waals surface area contributed by atoms with Gasteiger partial charge in [-0.15, -0.1) is 0 Å². The minimum atomic E-state index is -0.113. The monoisotopic (exact) mass is 523 g/mol. The molecule has 0 spiro atoms. The topological polar surface area (TPSA) is 48.0 Å². The number of thioether (sulfide) groups is 1. The second-order valence-corrected chi connectivity index (χ2v) is 10.1. The SMILES string of the molecule is CCOc1cc(/C=C2\SC(=S)N(C[C@H]3CCCO3)C2=O)cc(Cl)c1OCc1ccc(Cl)cc1. The molecule has 2 saturated heterocycles. The molecule has 2 fully saturated rings. The lowest BCUT2D eigenvalue weighted by molar-refractivity contribution is -0.123. The van der Waals surface area contributed by atoms with E-state index in [9.17, 15) is 4.79 Å². The molecule has 174 valence electrons. The van der Waals surface area contributed by atoms with Gasteiger partial charge >= 0.3 is 0 Å². The minimum absolute atomic E-state index is 0.0444. The van der Waals surface area contributed by atoms with E-state index in [-0.39, 0.29) is 12.0 Å². The zero-order chi connectivity index (χ0) is 23.4. The summed E-state index contributed by atoms with van der Waals surface area (Å²) in [7, 11) is 0. The van der Waals surface area contributed by atoms with Crippen molar-refractivity contribution in [3.8, 4) is 11.5 Å². The molecule has 2 aliphatic heterocycles. The minimum Gasteiger partial charge on any atom is -0.490 e. The lowest BCUT2D eigenvalue weighted by Gasteiger charge is -2.18. The maximum atomic E-state index is 12.9. The highest BCUT2D eigenvalue weighted by atomic mass is 35.5. The average molecular weight is 524 g/mol. The Morgan fingerprint density at radius 1 is 1.24 bits per heavy atom. The van der Waals surface area contributed by atoms with Crippen LogP contribution in [0.15, 0.2) is 41.3 Å². The number of ether oxygens (including phenoxy) is 3. The molecule has 0 N–H and O–H groups in total. The Hall–Kier alpha value is -1.77. The van der Waals surface area contributed by atoms with E-state index >= 15 is 0 Å². The number of amides is 1. The fraction of sp³-hybridized carbons (Fsp3) is 0.333. The van der Waals surface area contributed by atoms with E-state index in [1.165, 1.54) is 11.8 Å². The zero-order valence-electron chi connectivity index (χ0n) is 18.0. The Bertz CT molecular complexity index is 1070. The molecule has 0 aliphatic carbocycles. The molecule has 0 bridgehead atoms. The fourth-order valence-corrected chi connectivity index (χ4v) is 5.29. The third-order valence-corrected chi connectivity index (χ3v) is 7.12. The summed E-state index contributed by atoms with van der Waals surface area (Å²) in [5.41, 5.74) is 1.69. The molecule has 0 radical (unpaired) electrons. The van der Waals surface area contributed by atoms with Gasteiger partial charge in [0.25, 0.3) is 5.91 Å². The summed E-state index contributed by atoms with van der Waals surface area (Å²) in [6.45, 7) is 3.88. The van der Waals surface area contributed by atoms with Crippen molar-refractivity contribution >= 4 is 63.5 Å². The normalized spacial score (nSPS) is 19.5. The molecule has 2 heterocycles. The Morgan fingerprint density at radius 3 is 2.73 bits per heavy atom. The Morgan fingerprint density at radius 2 is 2.03 bits per heavy atom. The van der Waals surface area contributed by atoms with Crippen LogP contribution in [0.3, 0.4) is 0 Å². The first kappa shape index (κ1) is 24.4. The summed E-state index contributed by atoms with van der Waals surface area (Å²) in [5, 5.41) is 1.06. The molecule has 0 unspecified atom stereocenters. The van der Waals surface area contributed by atoms with E-state index in [1.807, 2.05) is 37.3 Å². The van der Waals surface area contributed by atoms with Gasteiger partial charge in [0.1, 0.15) is 10.9 Å². The van der Waals surface area contributed by atoms with Gasteiger partial charge in [-0.25, -0.2) is 0 Å². The van der Waals surface area contributed by atoms with Crippen LogP contribution in [0.25, 0.3) is 6.08 Å². The molecule has 4 rings (SSSR count). The number of nitrogens with zero attached hydrogens (tertiary/aromatic N) is 1. The number of carbonyl (C=O) groups is 1. The maximum absolute atomic E-state index is 12.9. The van der Waals surface area contributed by atoms with E-state index in [1.54, 1.807) is 17.0 Å². The van der Waals surface area contributed by atoms with Crippen molar-refractivity contribution in [1.29, 1.82) is 0 Å². The number of halogens is 2. The van der Waals surface area contributed by atoms with Crippen molar-refractivity contribution in [1.82, 2.24) is 4.90 Å². The number of hydrogen-bond donors (Lipinski definition) is 0. The summed E-state index contributed by atoms with van der Waals surface area (Å²) in [4.78, 5) is 15.1. The van der Waals surface area contributed by atoms with Gasteiger partial charge in [-0.1, -0.05) is 59.3 Å². The van der Waals surface area contributed by atoms with Crippen molar-refractivity contribution in [2.24, 2.45) is 0 Å². The average Bonchev–Trinajstić information content (AvgIpc) is 3.39.